The number of ether oxygens (including phenoxy) is 2. The lowest BCUT2D eigenvalue weighted by molar-refractivity contribution is 0.0553. The van der Waals surface area contributed by atoms with E-state index in [4.69, 9.17) is 19.0 Å². The van der Waals surface area contributed by atoms with Gasteiger partial charge in [0.1, 0.15) is 5.76 Å². The fourth-order valence-electron chi connectivity index (χ4n) is 5.80. The second kappa shape index (κ2) is 9.48. The normalized spacial score (nSPS) is 15.3. The van der Waals surface area contributed by atoms with Crippen LogP contribution in [0.2, 0.25) is 0 Å². The van der Waals surface area contributed by atoms with Crippen LogP contribution in [0.3, 0.4) is 0 Å². The molecule has 2 aromatic carbocycles. The molecule has 188 valence electrons. The lowest BCUT2D eigenvalue weighted by Gasteiger charge is -2.33. The Balaban J connectivity index is 1.68. The number of aromatic nitrogens is 3. The van der Waals surface area contributed by atoms with Crippen LogP contribution in [0.15, 0.2) is 65.3 Å². The largest absolute Gasteiger partial charge is 0.465 e. The van der Waals surface area contributed by atoms with Gasteiger partial charge in [-0.05, 0) is 55.9 Å². The summed E-state index contributed by atoms with van der Waals surface area (Å²) in [5, 5.41) is 5.21. The summed E-state index contributed by atoms with van der Waals surface area (Å²) in [7, 11) is 1.40. The lowest BCUT2D eigenvalue weighted by Crippen LogP contribution is -2.27. The summed E-state index contributed by atoms with van der Waals surface area (Å²) in [4.78, 5) is 17.3. The first kappa shape index (κ1) is 23.4. The van der Waals surface area contributed by atoms with Crippen molar-refractivity contribution in [2.45, 2.75) is 32.7 Å². The van der Waals surface area contributed by atoms with Gasteiger partial charge >= 0.3 is 5.97 Å². The fraction of sp³-hybridized carbons (Fsp3) is 0.300. The molecule has 0 unspecified atom stereocenters. The van der Waals surface area contributed by atoms with E-state index < -0.39 is 5.97 Å². The Hall–Kier alpha value is -3.97. The second-order valence-electron chi connectivity index (χ2n) is 9.69. The first-order valence-corrected chi connectivity index (χ1v) is 12.6. The number of aryl methyl sites for hydroxylation is 2. The SMILES string of the molecule is COC(=O)c1cnc2c3ccc(-c4c(C)noc4C)cc3n([C@H](c3ccccc3)C3CCOCC3)c2c1. The molecule has 1 atom stereocenters. The molecule has 6 rings (SSSR count). The highest BCUT2D eigenvalue weighted by Gasteiger charge is 2.30. The topological polar surface area (TPSA) is 79.4 Å². The Morgan fingerprint density at radius 2 is 1.84 bits per heavy atom. The van der Waals surface area contributed by atoms with Gasteiger partial charge in [0, 0.05) is 30.4 Å². The van der Waals surface area contributed by atoms with Gasteiger partial charge in [-0.3, -0.25) is 4.98 Å². The third-order valence-electron chi connectivity index (χ3n) is 7.51. The minimum atomic E-state index is -0.398. The van der Waals surface area contributed by atoms with Gasteiger partial charge in [0.2, 0.25) is 0 Å². The number of pyridine rings is 1. The Labute approximate surface area is 215 Å². The molecule has 1 saturated heterocycles. The Morgan fingerprint density at radius 3 is 2.54 bits per heavy atom. The number of nitrogens with zero attached hydrogens (tertiary/aromatic N) is 3. The van der Waals surface area contributed by atoms with Crippen molar-refractivity contribution in [2.24, 2.45) is 5.92 Å². The summed E-state index contributed by atoms with van der Waals surface area (Å²) in [6, 6.07) is 19.0. The molecule has 1 aliphatic rings. The molecular weight excluding hydrogens is 466 g/mol. The molecule has 0 bridgehead atoms. The molecule has 0 amide bonds. The number of fused-ring (bicyclic) bond motifs is 3. The van der Waals surface area contributed by atoms with E-state index in [9.17, 15) is 4.79 Å². The zero-order valence-corrected chi connectivity index (χ0v) is 21.2. The maximum absolute atomic E-state index is 12.5. The van der Waals surface area contributed by atoms with Crippen molar-refractivity contribution in [3.8, 4) is 11.1 Å². The van der Waals surface area contributed by atoms with E-state index in [-0.39, 0.29) is 6.04 Å². The van der Waals surface area contributed by atoms with Crippen LogP contribution in [0.5, 0.6) is 0 Å². The van der Waals surface area contributed by atoms with Crippen molar-refractivity contribution in [3.05, 3.63) is 83.4 Å². The lowest BCUT2D eigenvalue weighted by atomic mass is 9.86. The Kier molecular flexibility index (Phi) is 6.00. The first-order valence-electron chi connectivity index (χ1n) is 12.6. The van der Waals surface area contributed by atoms with Gasteiger partial charge in [-0.15, -0.1) is 0 Å². The molecule has 0 aliphatic carbocycles. The van der Waals surface area contributed by atoms with Crippen LogP contribution < -0.4 is 0 Å². The van der Waals surface area contributed by atoms with E-state index in [1.165, 1.54) is 12.7 Å². The molecule has 7 heteroatoms. The molecule has 4 heterocycles. The van der Waals surface area contributed by atoms with Crippen molar-refractivity contribution >= 4 is 27.9 Å². The molecule has 1 aliphatic heterocycles. The van der Waals surface area contributed by atoms with Gasteiger partial charge in [-0.25, -0.2) is 4.79 Å². The van der Waals surface area contributed by atoms with Crippen molar-refractivity contribution in [1.82, 2.24) is 14.7 Å². The molecule has 0 N–H and O–H groups in total. The monoisotopic (exact) mass is 495 g/mol. The number of rotatable bonds is 5. The number of methoxy groups -OCH3 is 1. The number of hydrogen-bond acceptors (Lipinski definition) is 6. The van der Waals surface area contributed by atoms with Crippen molar-refractivity contribution in [1.29, 1.82) is 0 Å². The fourth-order valence-corrected chi connectivity index (χ4v) is 5.80. The van der Waals surface area contributed by atoms with Crippen LogP contribution in [0, 0.1) is 19.8 Å². The number of carbonyl (C=O) groups is 1. The van der Waals surface area contributed by atoms with E-state index in [0.29, 0.717) is 11.5 Å². The second-order valence-corrected chi connectivity index (χ2v) is 9.69. The van der Waals surface area contributed by atoms with Crippen LogP contribution in [0.1, 0.15) is 46.3 Å². The average molecular weight is 496 g/mol. The van der Waals surface area contributed by atoms with Crippen molar-refractivity contribution in [3.63, 3.8) is 0 Å². The molecule has 7 nitrogen and oxygen atoms in total. The number of hydrogen-bond donors (Lipinski definition) is 0. The average Bonchev–Trinajstić information content (AvgIpc) is 3.45. The Morgan fingerprint density at radius 1 is 1.05 bits per heavy atom. The smallest absolute Gasteiger partial charge is 0.339 e. The zero-order chi connectivity index (χ0) is 25.5. The van der Waals surface area contributed by atoms with E-state index in [1.807, 2.05) is 26.0 Å². The summed E-state index contributed by atoms with van der Waals surface area (Å²) in [6.45, 7) is 5.38. The van der Waals surface area contributed by atoms with Gasteiger partial charge in [0.05, 0.1) is 41.0 Å². The summed E-state index contributed by atoms with van der Waals surface area (Å²) < 4.78 is 18.6. The third kappa shape index (κ3) is 4.00. The summed E-state index contributed by atoms with van der Waals surface area (Å²) in [6.07, 6.45) is 3.51. The van der Waals surface area contributed by atoms with E-state index in [1.54, 1.807) is 6.20 Å². The Bertz CT molecular complexity index is 1580. The standard InChI is InChI=1S/C30H29N3O4/c1-18-27(19(2)37-32-18)22-9-10-24-25(15-22)33(26-16-23(30(34)35-3)17-31-28(24)26)29(20-7-5-4-6-8-20)21-11-13-36-14-12-21/h4-10,15-17,21,29H,11-14H2,1-3H3/t29-/m1/s1. The van der Waals surface area contributed by atoms with Crippen molar-refractivity contribution in [2.75, 3.05) is 20.3 Å². The van der Waals surface area contributed by atoms with Gasteiger partial charge in [-0.2, -0.15) is 0 Å². The van der Waals surface area contributed by atoms with E-state index in [0.717, 1.165) is 70.6 Å². The first-order chi connectivity index (χ1) is 18.1. The van der Waals surface area contributed by atoms with E-state index in [2.05, 4.69) is 52.2 Å². The molecular formula is C30H29N3O4. The highest BCUT2D eigenvalue weighted by atomic mass is 16.5. The number of carbonyl (C=O) groups excluding carboxylic acids is 1. The van der Waals surface area contributed by atoms with Gasteiger partial charge < -0.3 is 18.6 Å². The molecule has 5 aromatic rings. The summed E-state index contributed by atoms with van der Waals surface area (Å²) >= 11 is 0. The predicted molar refractivity (Wildman–Crippen MR) is 142 cm³/mol. The highest BCUT2D eigenvalue weighted by Crippen LogP contribution is 2.42. The summed E-state index contributed by atoms with van der Waals surface area (Å²) in [5.74, 6) is 0.749. The zero-order valence-electron chi connectivity index (χ0n) is 21.2. The molecule has 0 radical (unpaired) electrons. The van der Waals surface area contributed by atoms with Gasteiger partial charge in [-0.1, -0.05) is 47.6 Å². The minimum Gasteiger partial charge on any atom is -0.465 e. The van der Waals surface area contributed by atoms with Crippen molar-refractivity contribution < 1.29 is 18.8 Å². The van der Waals surface area contributed by atoms with Crippen LogP contribution in [0.4, 0.5) is 0 Å². The molecule has 0 saturated carbocycles. The quantitative estimate of drug-likeness (QED) is 0.268. The highest BCUT2D eigenvalue weighted by molar-refractivity contribution is 6.08. The third-order valence-corrected chi connectivity index (χ3v) is 7.51. The maximum atomic E-state index is 12.5. The molecule has 3 aromatic heterocycles. The van der Waals surface area contributed by atoms with Crippen LogP contribution in [-0.2, 0) is 9.47 Å². The molecule has 0 spiro atoms. The van der Waals surface area contributed by atoms with Gasteiger partial charge in [0.15, 0.2) is 0 Å². The van der Waals surface area contributed by atoms with Crippen LogP contribution >= 0.6 is 0 Å². The summed E-state index contributed by atoms with van der Waals surface area (Å²) in [5.41, 5.74) is 7.39. The van der Waals surface area contributed by atoms with Gasteiger partial charge in [0.25, 0.3) is 0 Å². The van der Waals surface area contributed by atoms with Crippen LogP contribution in [-0.4, -0.2) is 41.0 Å². The number of esters is 1. The van der Waals surface area contributed by atoms with E-state index >= 15 is 0 Å². The maximum Gasteiger partial charge on any atom is 0.339 e. The molecule has 37 heavy (non-hydrogen) atoms. The molecule has 1 fully saturated rings. The number of benzene rings is 2. The minimum absolute atomic E-state index is 0.0414. The van der Waals surface area contributed by atoms with Crippen LogP contribution in [0.25, 0.3) is 33.1 Å². The predicted octanol–water partition coefficient (Wildman–Crippen LogP) is 6.26.